The molecule has 2 aromatic heterocycles. The molecule has 0 atom stereocenters. The number of aromatic nitrogens is 3. The zero-order chi connectivity index (χ0) is 23.8. The molecule has 4 rings (SSSR count). The summed E-state index contributed by atoms with van der Waals surface area (Å²) in [5.74, 6) is 0.937. The van der Waals surface area contributed by atoms with E-state index in [9.17, 15) is 9.90 Å². The van der Waals surface area contributed by atoms with Crippen molar-refractivity contribution < 1.29 is 14.6 Å². The fraction of sp³-hybridized carbons (Fsp3) is 0.269. The molecule has 0 unspecified atom stereocenters. The highest BCUT2D eigenvalue weighted by atomic mass is 16.5. The summed E-state index contributed by atoms with van der Waals surface area (Å²) in [7, 11) is 0. The average molecular weight is 445 g/mol. The summed E-state index contributed by atoms with van der Waals surface area (Å²) in [6.07, 6.45) is 0.0941. The Morgan fingerprint density at radius 3 is 2.33 bits per heavy atom. The van der Waals surface area contributed by atoms with E-state index in [0.29, 0.717) is 17.0 Å². The maximum Gasteiger partial charge on any atom is 0.256 e. The average Bonchev–Trinajstić information content (AvgIpc) is 3.13. The van der Waals surface area contributed by atoms with Gasteiger partial charge in [-0.3, -0.25) is 4.79 Å². The molecule has 0 fully saturated rings. The summed E-state index contributed by atoms with van der Waals surface area (Å²) in [5.41, 5.74) is 3.44. The monoisotopic (exact) mass is 444 g/mol. The Bertz CT molecular complexity index is 1280. The summed E-state index contributed by atoms with van der Waals surface area (Å²) in [6.45, 7) is 9.29. The molecule has 0 radical (unpaired) electrons. The Kier molecular flexibility index (Phi) is 5.91. The third-order valence-electron chi connectivity index (χ3n) is 5.17. The van der Waals surface area contributed by atoms with Gasteiger partial charge in [-0.05, 0) is 76.6 Å². The Morgan fingerprint density at radius 2 is 1.73 bits per heavy atom. The molecule has 0 aliphatic heterocycles. The second-order valence-electron chi connectivity index (χ2n) is 8.86. The Balaban J connectivity index is 1.66. The lowest BCUT2D eigenvalue weighted by Crippen LogP contribution is -2.17. The van der Waals surface area contributed by atoms with Crippen LogP contribution in [-0.2, 0) is 5.60 Å². The molecule has 2 N–H and O–H groups in total. The maximum atomic E-state index is 12.9. The SMILES string of the molecule is Cc1cc2nc(NC(=O)c3ccc(C(C)(C)O)cc3)cc(-c3ccc(OC(C)C)cc3)n2n1. The van der Waals surface area contributed by atoms with Crippen LogP contribution < -0.4 is 10.1 Å². The third-order valence-corrected chi connectivity index (χ3v) is 5.17. The van der Waals surface area contributed by atoms with Gasteiger partial charge in [-0.15, -0.1) is 0 Å². The fourth-order valence-electron chi connectivity index (χ4n) is 3.55. The summed E-state index contributed by atoms with van der Waals surface area (Å²) >= 11 is 0. The van der Waals surface area contributed by atoms with Crippen molar-refractivity contribution in [1.82, 2.24) is 14.6 Å². The molecule has 0 saturated heterocycles. The fourth-order valence-corrected chi connectivity index (χ4v) is 3.55. The Morgan fingerprint density at radius 1 is 1.06 bits per heavy atom. The van der Waals surface area contributed by atoms with Gasteiger partial charge in [0.05, 0.1) is 23.1 Å². The van der Waals surface area contributed by atoms with Crippen LogP contribution in [0.25, 0.3) is 16.9 Å². The molecule has 0 bridgehead atoms. The summed E-state index contributed by atoms with van der Waals surface area (Å²) in [6, 6.07) is 18.3. The van der Waals surface area contributed by atoms with Crippen molar-refractivity contribution in [2.45, 2.75) is 46.3 Å². The minimum atomic E-state index is -0.966. The smallest absolute Gasteiger partial charge is 0.256 e. The maximum absolute atomic E-state index is 12.9. The van der Waals surface area contributed by atoms with Crippen molar-refractivity contribution in [3.05, 3.63) is 77.5 Å². The number of hydrogen-bond donors (Lipinski definition) is 2. The van der Waals surface area contributed by atoms with Gasteiger partial charge in [0.25, 0.3) is 5.91 Å². The van der Waals surface area contributed by atoms with Crippen LogP contribution >= 0.6 is 0 Å². The van der Waals surface area contributed by atoms with E-state index in [1.165, 1.54) is 0 Å². The van der Waals surface area contributed by atoms with Crippen molar-refractivity contribution in [2.24, 2.45) is 0 Å². The summed E-state index contributed by atoms with van der Waals surface area (Å²) in [5, 5.41) is 17.6. The lowest BCUT2D eigenvalue weighted by molar-refractivity contribution is 0.0785. The van der Waals surface area contributed by atoms with Crippen LogP contribution in [0.5, 0.6) is 5.75 Å². The summed E-state index contributed by atoms with van der Waals surface area (Å²) in [4.78, 5) is 17.4. The quantitative estimate of drug-likeness (QED) is 0.438. The number of carbonyl (C=O) groups is 1. The first-order valence-corrected chi connectivity index (χ1v) is 10.9. The lowest BCUT2D eigenvalue weighted by Gasteiger charge is -2.17. The second-order valence-corrected chi connectivity index (χ2v) is 8.86. The topological polar surface area (TPSA) is 88.8 Å². The zero-order valence-corrected chi connectivity index (χ0v) is 19.5. The van der Waals surface area contributed by atoms with Gasteiger partial charge in [0.2, 0.25) is 0 Å². The van der Waals surface area contributed by atoms with E-state index < -0.39 is 5.60 Å². The predicted molar refractivity (Wildman–Crippen MR) is 129 cm³/mol. The van der Waals surface area contributed by atoms with Crippen LogP contribution in [0, 0.1) is 6.92 Å². The normalized spacial score (nSPS) is 11.7. The zero-order valence-electron chi connectivity index (χ0n) is 19.5. The molecule has 170 valence electrons. The molecule has 4 aromatic rings. The molecule has 7 nitrogen and oxygen atoms in total. The molecular formula is C26H28N4O3. The Labute approximate surface area is 193 Å². The first-order valence-electron chi connectivity index (χ1n) is 10.9. The predicted octanol–water partition coefficient (Wildman–Crippen LogP) is 4.97. The number of nitrogens with one attached hydrogen (secondary N) is 1. The molecule has 0 saturated carbocycles. The van der Waals surface area contributed by atoms with E-state index in [0.717, 1.165) is 28.3 Å². The molecule has 0 aliphatic rings. The molecule has 2 aromatic carbocycles. The highest BCUT2D eigenvalue weighted by molar-refractivity contribution is 6.04. The third kappa shape index (κ3) is 5.04. The highest BCUT2D eigenvalue weighted by Crippen LogP contribution is 2.26. The Hall–Kier alpha value is -3.71. The minimum absolute atomic E-state index is 0.0941. The largest absolute Gasteiger partial charge is 0.491 e. The first kappa shape index (κ1) is 22.5. The van der Waals surface area contributed by atoms with Crippen LogP contribution in [0.4, 0.5) is 5.82 Å². The number of aliphatic hydroxyl groups is 1. The number of hydrogen-bond acceptors (Lipinski definition) is 5. The number of aryl methyl sites for hydroxylation is 1. The first-order chi connectivity index (χ1) is 15.6. The van der Waals surface area contributed by atoms with Gasteiger partial charge in [-0.2, -0.15) is 5.10 Å². The number of ether oxygens (including phenoxy) is 1. The number of carbonyl (C=O) groups excluding carboxylic acids is 1. The molecular weight excluding hydrogens is 416 g/mol. The van der Waals surface area contributed by atoms with E-state index in [-0.39, 0.29) is 12.0 Å². The molecule has 1 amide bonds. The molecule has 7 heteroatoms. The minimum Gasteiger partial charge on any atom is -0.491 e. The number of fused-ring (bicyclic) bond motifs is 1. The van der Waals surface area contributed by atoms with Gasteiger partial charge < -0.3 is 15.2 Å². The standard InChI is InChI=1S/C26H28N4O3/c1-16(2)33-21-12-8-18(9-13-21)22-15-23(27-24-14-17(3)29-30(22)24)28-25(31)19-6-10-20(11-7-19)26(4,5)32/h6-16,32H,1-5H3,(H,27,28,31). The van der Waals surface area contributed by atoms with E-state index in [1.54, 1.807) is 48.7 Å². The lowest BCUT2D eigenvalue weighted by atomic mass is 9.97. The molecule has 33 heavy (non-hydrogen) atoms. The van der Waals surface area contributed by atoms with Crippen molar-refractivity contribution in [1.29, 1.82) is 0 Å². The van der Waals surface area contributed by atoms with Gasteiger partial charge in [-0.25, -0.2) is 9.50 Å². The van der Waals surface area contributed by atoms with Crippen LogP contribution in [-0.4, -0.2) is 31.7 Å². The van der Waals surface area contributed by atoms with Crippen LogP contribution in [0.15, 0.2) is 60.7 Å². The van der Waals surface area contributed by atoms with Crippen LogP contribution in [0.2, 0.25) is 0 Å². The second kappa shape index (κ2) is 8.67. The van der Waals surface area contributed by atoms with Crippen molar-refractivity contribution in [2.75, 3.05) is 5.32 Å². The van der Waals surface area contributed by atoms with Crippen molar-refractivity contribution in [3.8, 4) is 17.0 Å². The molecule has 0 aliphatic carbocycles. The van der Waals surface area contributed by atoms with Gasteiger partial charge in [0.15, 0.2) is 5.65 Å². The van der Waals surface area contributed by atoms with Crippen LogP contribution in [0.1, 0.15) is 49.3 Å². The number of benzene rings is 2. The van der Waals surface area contributed by atoms with E-state index >= 15 is 0 Å². The van der Waals surface area contributed by atoms with Crippen molar-refractivity contribution >= 4 is 17.4 Å². The summed E-state index contributed by atoms with van der Waals surface area (Å²) < 4.78 is 7.51. The number of anilines is 1. The highest BCUT2D eigenvalue weighted by Gasteiger charge is 2.17. The van der Waals surface area contributed by atoms with E-state index in [4.69, 9.17) is 4.74 Å². The van der Waals surface area contributed by atoms with E-state index in [1.807, 2.05) is 51.1 Å². The molecule has 0 spiro atoms. The number of amides is 1. The van der Waals surface area contributed by atoms with Gasteiger partial charge in [0.1, 0.15) is 11.6 Å². The number of nitrogens with zero attached hydrogens (tertiary/aromatic N) is 3. The van der Waals surface area contributed by atoms with Gasteiger partial charge in [-0.1, -0.05) is 12.1 Å². The van der Waals surface area contributed by atoms with Gasteiger partial charge >= 0.3 is 0 Å². The van der Waals surface area contributed by atoms with Crippen molar-refractivity contribution in [3.63, 3.8) is 0 Å². The molecule has 2 heterocycles. The number of rotatable bonds is 6. The van der Waals surface area contributed by atoms with E-state index in [2.05, 4.69) is 15.4 Å². The van der Waals surface area contributed by atoms with Crippen LogP contribution in [0.3, 0.4) is 0 Å². The van der Waals surface area contributed by atoms with Gasteiger partial charge in [0, 0.05) is 23.3 Å².